The molecule has 0 atom stereocenters. The second-order valence-corrected chi connectivity index (χ2v) is 9.69. The molecule has 0 saturated carbocycles. The second kappa shape index (κ2) is 6.10. The van der Waals surface area contributed by atoms with E-state index in [0.29, 0.717) is 12.1 Å². The van der Waals surface area contributed by atoms with Crippen LogP contribution in [0.4, 0.5) is 0 Å². The Labute approximate surface area is 143 Å². The summed E-state index contributed by atoms with van der Waals surface area (Å²) >= 11 is 5.62. The monoisotopic (exact) mass is 412 g/mol. The van der Waals surface area contributed by atoms with Crippen LogP contribution >= 0.6 is 11.6 Å². The Hall–Kier alpha value is -1.50. The molecule has 12 heteroatoms. The van der Waals surface area contributed by atoms with Crippen molar-refractivity contribution in [3.05, 3.63) is 47.5 Å². The molecule has 0 bridgehead atoms. The molecule has 0 aromatic heterocycles. The molecule has 0 fully saturated rings. The Bertz CT molecular complexity index is 1120. The highest BCUT2D eigenvalue weighted by molar-refractivity contribution is 7.91. The number of rotatable bonds is 4. The molecule has 2 rings (SSSR count). The minimum atomic E-state index is -4.76. The van der Waals surface area contributed by atoms with Gasteiger partial charge >= 0.3 is 0 Å². The maximum absolute atomic E-state index is 12.5. The van der Waals surface area contributed by atoms with Crippen LogP contribution in [-0.2, 0) is 30.1 Å². The summed E-state index contributed by atoms with van der Waals surface area (Å²) in [5.74, 6) is 0. The van der Waals surface area contributed by atoms with Crippen molar-refractivity contribution in [3.8, 4) is 0 Å². The summed E-state index contributed by atoms with van der Waals surface area (Å²) in [4.78, 5) is -2.49. The van der Waals surface area contributed by atoms with Gasteiger partial charge in [-0.25, -0.2) is 8.42 Å². The smallest absolute Gasteiger partial charge is 0.282 e. The van der Waals surface area contributed by atoms with Crippen LogP contribution in [0.1, 0.15) is 0 Å². The lowest BCUT2D eigenvalue weighted by Gasteiger charge is -2.08. The fraction of sp³-hybridized carbons (Fsp3) is 0. The van der Waals surface area contributed by atoms with Crippen molar-refractivity contribution in [2.45, 2.75) is 19.6 Å². The van der Waals surface area contributed by atoms with Gasteiger partial charge in [0.1, 0.15) is 4.90 Å². The Kier molecular flexibility index (Phi) is 4.78. The van der Waals surface area contributed by atoms with E-state index in [0.717, 1.165) is 30.3 Å². The predicted molar refractivity (Wildman–Crippen MR) is 83.0 cm³/mol. The van der Waals surface area contributed by atoms with Crippen LogP contribution in [0.25, 0.3) is 0 Å². The van der Waals surface area contributed by atoms with E-state index < -0.39 is 49.7 Å². The molecule has 0 radical (unpaired) electrons. The molecule has 130 valence electrons. The minimum Gasteiger partial charge on any atom is -0.282 e. The first-order valence-electron chi connectivity index (χ1n) is 5.93. The van der Waals surface area contributed by atoms with Crippen LogP contribution in [0.15, 0.2) is 62.0 Å². The first-order valence-corrected chi connectivity index (χ1v) is 10.7. The minimum absolute atomic E-state index is 0.386. The van der Waals surface area contributed by atoms with Gasteiger partial charge in [-0.15, -0.1) is 0 Å². The largest absolute Gasteiger partial charge is 0.296 e. The molecular weight excluding hydrogens is 404 g/mol. The number of benzene rings is 2. The first-order chi connectivity index (χ1) is 10.8. The van der Waals surface area contributed by atoms with Crippen molar-refractivity contribution >= 4 is 41.7 Å². The second-order valence-electron chi connectivity index (χ2n) is 4.52. The van der Waals surface area contributed by atoms with E-state index in [1.54, 1.807) is 0 Å². The van der Waals surface area contributed by atoms with Crippen molar-refractivity contribution in [1.29, 1.82) is 0 Å². The lowest BCUT2D eigenvalue weighted by molar-refractivity contribution is 0.480. The summed E-state index contributed by atoms with van der Waals surface area (Å²) in [6.07, 6.45) is 0. The standard InChI is InChI=1S/C12H9ClO8S3/c13-11-5-4-9(7-12(11)24(19,20)21)22(14,15)8-2-1-3-10(6-8)23(16,17)18/h1-7H,(H,16,17,18)(H,19,20,21). The molecule has 0 aliphatic heterocycles. The topological polar surface area (TPSA) is 143 Å². The van der Waals surface area contributed by atoms with Crippen LogP contribution in [0.3, 0.4) is 0 Å². The van der Waals surface area contributed by atoms with Gasteiger partial charge in [0.15, 0.2) is 0 Å². The van der Waals surface area contributed by atoms with E-state index in [1.807, 2.05) is 0 Å². The number of sulfone groups is 1. The maximum Gasteiger partial charge on any atom is 0.296 e. The zero-order valence-electron chi connectivity index (χ0n) is 11.5. The van der Waals surface area contributed by atoms with Gasteiger partial charge in [0.05, 0.1) is 19.7 Å². The van der Waals surface area contributed by atoms with Gasteiger partial charge in [-0.2, -0.15) is 16.8 Å². The number of halogens is 1. The molecule has 0 unspecified atom stereocenters. The van der Waals surface area contributed by atoms with Crippen molar-refractivity contribution in [3.63, 3.8) is 0 Å². The van der Waals surface area contributed by atoms with Crippen LogP contribution in [0, 0.1) is 0 Å². The molecule has 8 nitrogen and oxygen atoms in total. The maximum atomic E-state index is 12.5. The van der Waals surface area contributed by atoms with Crippen molar-refractivity contribution in [2.24, 2.45) is 0 Å². The van der Waals surface area contributed by atoms with E-state index in [9.17, 15) is 25.3 Å². The zero-order valence-corrected chi connectivity index (χ0v) is 14.7. The van der Waals surface area contributed by atoms with Crippen molar-refractivity contribution in [2.75, 3.05) is 0 Å². The summed E-state index contributed by atoms with van der Waals surface area (Å²) in [6, 6.07) is 6.46. The zero-order chi connectivity index (χ0) is 18.3. The van der Waals surface area contributed by atoms with Gasteiger partial charge in [-0.3, -0.25) is 9.11 Å². The summed E-state index contributed by atoms with van der Waals surface area (Å²) in [6.45, 7) is 0. The number of hydrogen-bond donors (Lipinski definition) is 2. The molecular formula is C12H9ClO8S3. The fourth-order valence-corrected chi connectivity index (χ4v) is 4.79. The first kappa shape index (κ1) is 18.8. The van der Waals surface area contributed by atoms with E-state index in [-0.39, 0.29) is 5.02 Å². The Morgan fingerprint density at radius 3 is 1.79 bits per heavy atom. The van der Waals surface area contributed by atoms with Crippen molar-refractivity contribution in [1.82, 2.24) is 0 Å². The molecule has 24 heavy (non-hydrogen) atoms. The molecule has 0 amide bonds. The highest BCUT2D eigenvalue weighted by atomic mass is 35.5. The highest BCUT2D eigenvalue weighted by Gasteiger charge is 2.24. The Balaban J connectivity index is 2.69. The summed E-state index contributed by atoms with van der Waals surface area (Å²) in [7, 11) is -13.7. The SMILES string of the molecule is O=S(=O)(O)c1cccc(S(=O)(=O)c2ccc(Cl)c(S(=O)(=O)O)c2)c1. The van der Waals surface area contributed by atoms with Gasteiger partial charge in [0.25, 0.3) is 20.2 Å². The highest BCUT2D eigenvalue weighted by Crippen LogP contribution is 2.28. The van der Waals surface area contributed by atoms with Gasteiger partial charge < -0.3 is 0 Å². The van der Waals surface area contributed by atoms with Crippen molar-refractivity contribution < 1.29 is 34.4 Å². The molecule has 0 saturated heterocycles. The third-order valence-corrected chi connectivity index (χ3v) is 6.84. The molecule has 0 aliphatic rings. The normalized spacial score (nSPS) is 13.0. The third kappa shape index (κ3) is 3.77. The Morgan fingerprint density at radius 1 is 0.708 bits per heavy atom. The number of hydrogen-bond acceptors (Lipinski definition) is 6. The molecule has 2 aromatic rings. The van der Waals surface area contributed by atoms with Crippen LogP contribution in [0.5, 0.6) is 0 Å². The summed E-state index contributed by atoms with van der Waals surface area (Å²) in [5, 5.41) is -0.386. The molecule has 0 aliphatic carbocycles. The molecule has 0 spiro atoms. The van der Waals surface area contributed by atoms with Gasteiger partial charge in [0, 0.05) is 0 Å². The summed E-state index contributed by atoms with van der Waals surface area (Å²) in [5.41, 5.74) is 0. The van der Waals surface area contributed by atoms with Crippen LogP contribution in [0.2, 0.25) is 5.02 Å². The summed E-state index contributed by atoms with van der Waals surface area (Å²) < 4.78 is 87.7. The van der Waals surface area contributed by atoms with Crippen LogP contribution < -0.4 is 0 Å². The molecule has 2 aromatic carbocycles. The fourth-order valence-electron chi connectivity index (χ4n) is 1.79. The van der Waals surface area contributed by atoms with E-state index in [4.69, 9.17) is 20.7 Å². The predicted octanol–water partition coefficient (Wildman–Crippen LogP) is 1.67. The van der Waals surface area contributed by atoms with Gasteiger partial charge in [-0.05, 0) is 36.4 Å². The molecule has 0 heterocycles. The van der Waals surface area contributed by atoms with E-state index in [1.165, 1.54) is 0 Å². The third-order valence-electron chi connectivity index (χ3n) is 2.90. The van der Waals surface area contributed by atoms with E-state index in [2.05, 4.69) is 0 Å². The quantitative estimate of drug-likeness (QED) is 0.721. The van der Waals surface area contributed by atoms with Crippen LogP contribution in [-0.4, -0.2) is 34.4 Å². The lowest BCUT2D eigenvalue weighted by Crippen LogP contribution is -2.07. The molecule has 2 N–H and O–H groups in total. The van der Waals surface area contributed by atoms with Gasteiger partial charge in [0.2, 0.25) is 9.84 Å². The Morgan fingerprint density at radius 2 is 1.25 bits per heavy atom. The average Bonchev–Trinajstić information content (AvgIpc) is 2.45. The van der Waals surface area contributed by atoms with E-state index >= 15 is 0 Å². The average molecular weight is 413 g/mol. The lowest BCUT2D eigenvalue weighted by atomic mass is 10.4. The van der Waals surface area contributed by atoms with Gasteiger partial charge in [-0.1, -0.05) is 17.7 Å².